The molecule has 0 aromatic heterocycles. The van der Waals surface area contributed by atoms with Gasteiger partial charge in [-0.15, -0.1) is 0 Å². The van der Waals surface area contributed by atoms with Crippen LogP contribution in [0.4, 0.5) is 0 Å². The number of hydrogen-bond donors (Lipinski definition) is 2. The summed E-state index contributed by atoms with van der Waals surface area (Å²) in [5, 5.41) is 0. The van der Waals surface area contributed by atoms with Gasteiger partial charge < -0.3 is 9.47 Å². The Bertz CT molecular complexity index is 493. The fraction of sp³-hybridized carbons (Fsp3) is 0.533. The van der Waals surface area contributed by atoms with Crippen molar-refractivity contribution in [3.05, 3.63) is 23.8 Å². The van der Waals surface area contributed by atoms with Crippen LogP contribution in [0.1, 0.15) is 18.4 Å². The zero-order chi connectivity index (χ0) is 15.2. The summed E-state index contributed by atoms with van der Waals surface area (Å²) >= 11 is 0. The number of carbonyl (C=O) groups is 1. The maximum atomic E-state index is 11.7. The molecule has 1 aromatic carbocycles. The normalized spacial score (nSPS) is 19.1. The summed E-state index contributed by atoms with van der Waals surface area (Å²) in [6.07, 6.45) is 1.87. The molecule has 6 heteroatoms. The number of rotatable bonds is 5. The maximum absolute atomic E-state index is 11.7. The Labute approximate surface area is 125 Å². The van der Waals surface area contributed by atoms with Gasteiger partial charge in [-0.1, -0.05) is 0 Å². The van der Waals surface area contributed by atoms with E-state index in [4.69, 9.17) is 15.3 Å². The molecule has 1 heterocycles. The van der Waals surface area contributed by atoms with Gasteiger partial charge in [0, 0.05) is 18.7 Å². The summed E-state index contributed by atoms with van der Waals surface area (Å²) in [5.41, 5.74) is 3.31. The minimum Gasteiger partial charge on any atom is -0.497 e. The van der Waals surface area contributed by atoms with Gasteiger partial charge in [0.2, 0.25) is 5.91 Å². The molecule has 6 nitrogen and oxygen atoms in total. The number of nitrogens with two attached hydrogens (primary N) is 1. The second-order valence-electron chi connectivity index (χ2n) is 5.26. The van der Waals surface area contributed by atoms with Crippen LogP contribution in [-0.2, 0) is 11.3 Å². The predicted molar refractivity (Wildman–Crippen MR) is 79.9 cm³/mol. The van der Waals surface area contributed by atoms with Crippen molar-refractivity contribution >= 4 is 5.91 Å². The van der Waals surface area contributed by atoms with E-state index in [1.807, 2.05) is 18.2 Å². The second-order valence-corrected chi connectivity index (χ2v) is 5.26. The van der Waals surface area contributed by atoms with Crippen LogP contribution in [0.15, 0.2) is 18.2 Å². The lowest BCUT2D eigenvalue weighted by Crippen LogP contribution is -2.44. The fourth-order valence-electron chi connectivity index (χ4n) is 2.78. The maximum Gasteiger partial charge on any atom is 0.238 e. The highest BCUT2D eigenvalue weighted by Gasteiger charge is 2.25. The first kappa shape index (κ1) is 15.6. The average Bonchev–Trinajstić information content (AvgIpc) is 2.54. The summed E-state index contributed by atoms with van der Waals surface area (Å²) < 4.78 is 10.7. The van der Waals surface area contributed by atoms with E-state index in [0.717, 1.165) is 43.0 Å². The van der Waals surface area contributed by atoms with E-state index in [9.17, 15) is 4.79 Å². The number of methoxy groups -OCH3 is 2. The highest BCUT2D eigenvalue weighted by atomic mass is 16.5. The average molecular weight is 293 g/mol. The summed E-state index contributed by atoms with van der Waals surface area (Å²) in [6.45, 7) is 2.41. The van der Waals surface area contributed by atoms with E-state index < -0.39 is 0 Å². The zero-order valence-electron chi connectivity index (χ0n) is 12.6. The number of piperidine rings is 1. The number of hydrogen-bond acceptors (Lipinski definition) is 5. The molecule has 3 N–H and O–H groups in total. The third-order valence-electron chi connectivity index (χ3n) is 3.90. The number of likely N-dealkylation sites (tertiary alicyclic amines) is 1. The van der Waals surface area contributed by atoms with Crippen molar-refractivity contribution in [1.82, 2.24) is 10.3 Å². The molecule has 0 radical (unpaired) electrons. The first-order valence-corrected chi connectivity index (χ1v) is 7.11. The largest absolute Gasteiger partial charge is 0.497 e. The van der Waals surface area contributed by atoms with Crippen LogP contribution in [0.2, 0.25) is 0 Å². The highest BCUT2D eigenvalue weighted by molar-refractivity contribution is 5.78. The SMILES string of the molecule is COc1ccc(OC)c(CN2CCC[C@H](C(=O)NN)C2)c1. The Morgan fingerprint density at radius 3 is 2.90 bits per heavy atom. The van der Waals surface area contributed by atoms with Gasteiger partial charge in [-0.05, 0) is 37.6 Å². The molecule has 1 amide bonds. The summed E-state index contributed by atoms with van der Waals surface area (Å²) in [7, 11) is 3.31. The van der Waals surface area contributed by atoms with Crippen LogP contribution < -0.4 is 20.7 Å². The van der Waals surface area contributed by atoms with Crippen molar-refractivity contribution in [3.8, 4) is 11.5 Å². The number of nitrogens with one attached hydrogen (secondary N) is 1. The molecule has 0 aliphatic carbocycles. The first-order chi connectivity index (χ1) is 10.2. The number of nitrogens with zero attached hydrogens (tertiary/aromatic N) is 1. The molecule has 1 aromatic rings. The second kappa shape index (κ2) is 7.28. The molecule has 2 rings (SSSR count). The number of ether oxygens (including phenoxy) is 2. The highest BCUT2D eigenvalue weighted by Crippen LogP contribution is 2.27. The van der Waals surface area contributed by atoms with E-state index in [1.165, 1.54) is 0 Å². The number of hydrazine groups is 1. The van der Waals surface area contributed by atoms with E-state index in [-0.39, 0.29) is 11.8 Å². The Hall–Kier alpha value is -1.79. The molecular weight excluding hydrogens is 270 g/mol. The molecule has 0 bridgehead atoms. The van der Waals surface area contributed by atoms with Gasteiger partial charge in [-0.3, -0.25) is 15.1 Å². The van der Waals surface area contributed by atoms with Crippen LogP contribution in [0.3, 0.4) is 0 Å². The van der Waals surface area contributed by atoms with Crippen molar-refractivity contribution in [2.24, 2.45) is 11.8 Å². The number of amides is 1. The monoisotopic (exact) mass is 293 g/mol. The van der Waals surface area contributed by atoms with E-state index in [0.29, 0.717) is 6.54 Å². The molecule has 1 atom stereocenters. The van der Waals surface area contributed by atoms with Gasteiger partial charge in [0.25, 0.3) is 0 Å². The summed E-state index contributed by atoms with van der Waals surface area (Å²) in [5.74, 6) is 6.74. The van der Waals surface area contributed by atoms with Crippen molar-refractivity contribution in [1.29, 1.82) is 0 Å². The third kappa shape index (κ3) is 3.86. The van der Waals surface area contributed by atoms with Gasteiger partial charge in [-0.2, -0.15) is 0 Å². The van der Waals surface area contributed by atoms with Crippen molar-refractivity contribution < 1.29 is 14.3 Å². The van der Waals surface area contributed by atoms with Gasteiger partial charge in [0.1, 0.15) is 11.5 Å². The predicted octanol–water partition coefficient (Wildman–Crippen LogP) is 0.906. The molecule has 1 fully saturated rings. The van der Waals surface area contributed by atoms with Crippen LogP contribution in [0.5, 0.6) is 11.5 Å². The van der Waals surface area contributed by atoms with Crippen LogP contribution in [0.25, 0.3) is 0 Å². The van der Waals surface area contributed by atoms with Crippen molar-refractivity contribution in [2.75, 3.05) is 27.3 Å². The third-order valence-corrected chi connectivity index (χ3v) is 3.90. The smallest absolute Gasteiger partial charge is 0.238 e. The lowest BCUT2D eigenvalue weighted by atomic mass is 9.97. The number of carbonyl (C=O) groups excluding carboxylic acids is 1. The van der Waals surface area contributed by atoms with Crippen LogP contribution >= 0.6 is 0 Å². The van der Waals surface area contributed by atoms with Crippen LogP contribution in [0, 0.1) is 5.92 Å². The Kier molecular flexibility index (Phi) is 5.41. The van der Waals surface area contributed by atoms with E-state index >= 15 is 0 Å². The fourth-order valence-corrected chi connectivity index (χ4v) is 2.78. The molecule has 116 valence electrons. The molecule has 0 spiro atoms. The van der Waals surface area contributed by atoms with Gasteiger partial charge >= 0.3 is 0 Å². The Morgan fingerprint density at radius 2 is 2.24 bits per heavy atom. The molecule has 0 saturated carbocycles. The molecule has 0 unspecified atom stereocenters. The molecule has 1 saturated heterocycles. The summed E-state index contributed by atoms with van der Waals surface area (Å²) in [4.78, 5) is 13.9. The van der Waals surface area contributed by atoms with E-state index in [2.05, 4.69) is 10.3 Å². The zero-order valence-corrected chi connectivity index (χ0v) is 12.6. The van der Waals surface area contributed by atoms with Gasteiger partial charge in [-0.25, -0.2) is 5.84 Å². The topological polar surface area (TPSA) is 76.8 Å². The lowest BCUT2D eigenvalue weighted by molar-refractivity contribution is -0.126. The number of benzene rings is 1. The molecule has 1 aliphatic heterocycles. The van der Waals surface area contributed by atoms with Crippen LogP contribution in [-0.4, -0.2) is 38.1 Å². The van der Waals surface area contributed by atoms with Crippen molar-refractivity contribution in [3.63, 3.8) is 0 Å². The van der Waals surface area contributed by atoms with Crippen molar-refractivity contribution in [2.45, 2.75) is 19.4 Å². The minimum absolute atomic E-state index is 0.0413. The molecular formula is C15H23N3O3. The van der Waals surface area contributed by atoms with E-state index in [1.54, 1.807) is 14.2 Å². The Morgan fingerprint density at radius 1 is 1.43 bits per heavy atom. The summed E-state index contributed by atoms with van der Waals surface area (Å²) in [6, 6.07) is 5.76. The van der Waals surface area contributed by atoms with Gasteiger partial charge in [0.15, 0.2) is 0 Å². The lowest BCUT2D eigenvalue weighted by Gasteiger charge is -2.32. The first-order valence-electron chi connectivity index (χ1n) is 7.11. The quantitative estimate of drug-likeness (QED) is 0.479. The Balaban J connectivity index is 2.08. The molecule has 21 heavy (non-hydrogen) atoms. The standard InChI is InChI=1S/C15H23N3O3/c1-20-13-5-6-14(21-2)12(8-13)10-18-7-3-4-11(9-18)15(19)17-16/h5-6,8,11H,3-4,7,9-10,16H2,1-2H3,(H,17,19)/t11-/m0/s1. The molecule has 1 aliphatic rings. The minimum atomic E-state index is -0.0858. The van der Waals surface area contributed by atoms with Gasteiger partial charge in [0.05, 0.1) is 20.1 Å².